The van der Waals surface area contributed by atoms with Gasteiger partial charge in [-0.15, -0.1) is 0 Å². The Morgan fingerprint density at radius 2 is 1.86 bits per heavy atom. The number of carbonyl (C=O) groups is 2. The number of rotatable bonds is 7. The molecule has 0 spiro atoms. The SMILES string of the molecule is CC1C(Oc2ccc(CC(N)C(=O)O)cc2)OC(=O)N1c1ccc(C(=N)N)cc1. The average molecular weight is 398 g/mol. The van der Waals surface area contributed by atoms with Crippen molar-refractivity contribution in [2.24, 2.45) is 11.5 Å². The molecule has 9 nitrogen and oxygen atoms in total. The van der Waals surface area contributed by atoms with Crippen molar-refractivity contribution < 1.29 is 24.2 Å². The molecule has 0 bridgehead atoms. The summed E-state index contributed by atoms with van der Waals surface area (Å²) in [6, 6.07) is 12.1. The molecule has 1 heterocycles. The molecule has 152 valence electrons. The van der Waals surface area contributed by atoms with Crippen molar-refractivity contribution in [1.82, 2.24) is 0 Å². The monoisotopic (exact) mass is 398 g/mol. The normalized spacial score (nSPS) is 19.5. The molecule has 1 amide bonds. The molecule has 1 fully saturated rings. The lowest BCUT2D eigenvalue weighted by molar-refractivity contribution is -0.138. The van der Waals surface area contributed by atoms with Crippen molar-refractivity contribution >= 4 is 23.6 Å². The third-order valence-electron chi connectivity index (χ3n) is 4.62. The largest absolute Gasteiger partial charge is 0.480 e. The maximum atomic E-state index is 12.3. The van der Waals surface area contributed by atoms with Gasteiger partial charge < -0.3 is 26.0 Å². The first-order chi connectivity index (χ1) is 13.8. The van der Waals surface area contributed by atoms with Crippen LogP contribution in [-0.2, 0) is 16.0 Å². The van der Waals surface area contributed by atoms with E-state index in [1.54, 1.807) is 55.5 Å². The standard InChI is InChI=1S/C20H22N4O5/c1-11-19(28-15-8-2-12(3-9-15)10-16(21)18(25)26)29-20(27)24(11)14-6-4-13(5-7-14)17(22)23/h2-9,11,16,19H,10,21H2,1H3,(H3,22,23)(H,25,26). The molecule has 3 atom stereocenters. The lowest BCUT2D eigenvalue weighted by atomic mass is 10.1. The summed E-state index contributed by atoms with van der Waals surface area (Å²) in [4.78, 5) is 24.6. The lowest BCUT2D eigenvalue weighted by Gasteiger charge is -2.21. The van der Waals surface area contributed by atoms with Gasteiger partial charge in [0.05, 0.1) is 0 Å². The Bertz CT molecular complexity index is 913. The van der Waals surface area contributed by atoms with Gasteiger partial charge in [-0.25, -0.2) is 4.79 Å². The van der Waals surface area contributed by atoms with Crippen LogP contribution in [0.2, 0.25) is 0 Å². The number of anilines is 1. The molecule has 1 saturated heterocycles. The maximum absolute atomic E-state index is 12.3. The summed E-state index contributed by atoms with van der Waals surface area (Å²) in [6.45, 7) is 1.80. The second-order valence-corrected chi connectivity index (χ2v) is 6.73. The van der Waals surface area contributed by atoms with E-state index in [1.165, 1.54) is 4.90 Å². The van der Waals surface area contributed by atoms with Gasteiger partial charge in [-0.1, -0.05) is 12.1 Å². The van der Waals surface area contributed by atoms with Crippen LogP contribution in [0.15, 0.2) is 48.5 Å². The van der Waals surface area contributed by atoms with Gasteiger partial charge in [0.25, 0.3) is 6.29 Å². The van der Waals surface area contributed by atoms with E-state index in [0.717, 1.165) is 5.56 Å². The van der Waals surface area contributed by atoms with Crippen LogP contribution in [0.5, 0.6) is 5.75 Å². The minimum absolute atomic E-state index is 0.0532. The second kappa shape index (κ2) is 8.19. The number of aliphatic carboxylic acids is 1. The summed E-state index contributed by atoms with van der Waals surface area (Å²) in [5, 5.41) is 16.3. The van der Waals surface area contributed by atoms with Crippen LogP contribution in [0.3, 0.4) is 0 Å². The van der Waals surface area contributed by atoms with Gasteiger partial charge in [0.1, 0.15) is 23.7 Å². The van der Waals surface area contributed by atoms with Gasteiger partial charge in [-0.3, -0.25) is 15.1 Å². The fourth-order valence-electron chi connectivity index (χ4n) is 2.99. The molecule has 2 aromatic carbocycles. The summed E-state index contributed by atoms with van der Waals surface area (Å²) >= 11 is 0. The van der Waals surface area contributed by atoms with Crippen molar-refractivity contribution in [2.45, 2.75) is 31.7 Å². The summed E-state index contributed by atoms with van der Waals surface area (Å²) in [7, 11) is 0. The lowest BCUT2D eigenvalue weighted by Crippen LogP contribution is -2.36. The minimum atomic E-state index is -1.06. The Balaban J connectivity index is 1.67. The number of amidine groups is 1. The molecule has 29 heavy (non-hydrogen) atoms. The zero-order chi connectivity index (χ0) is 21.1. The minimum Gasteiger partial charge on any atom is -0.480 e. The first kappa shape index (κ1) is 20.2. The molecule has 3 rings (SSSR count). The maximum Gasteiger partial charge on any atom is 0.417 e. The number of hydrogen-bond donors (Lipinski definition) is 4. The Labute approximate surface area is 167 Å². The zero-order valence-corrected chi connectivity index (χ0v) is 15.7. The number of nitrogen functional groups attached to an aromatic ring is 1. The Morgan fingerprint density at radius 1 is 1.24 bits per heavy atom. The number of nitrogens with zero attached hydrogens (tertiary/aromatic N) is 1. The quantitative estimate of drug-likeness (QED) is 0.409. The van der Waals surface area contributed by atoms with Gasteiger partial charge in [-0.2, -0.15) is 0 Å². The zero-order valence-electron chi connectivity index (χ0n) is 15.7. The molecule has 0 aromatic heterocycles. The first-order valence-electron chi connectivity index (χ1n) is 8.94. The number of carboxylic acids is 1. The predicted molar refractivity (Wildman–Crippen MR) is 106 cm³/mol. The van der Waals surface area contributed by atoms with E-state index in [-0.39, 0.29) is 12.3 Å². The van der Waals surface area contributed by atoms with Crippen molar-refractivity contribution in [3.63, 3.8) is 0 Å². The summed E-state index contributed by atoms with van der Waals surface area (Å²) in [5.41, 5.74) is 12.9. The van der Waals surface area contributed by atoms with Crippen LogP contribution in [-0.4, -0.2) is 41.4 Å². The van der Waals surface area contributed by atoms with Crippen molar-refractivity contribution in [2.75, 3.05) is 4.90 Å². The topological polar surface area (TPSA) is 152 Å². The van der Waals surface area contributed by atoms with Crippen molar-refractivity contribution in [1.29, 1.82) is 5.41 Å². The highest BCUT2D eigenvalue weighted by atomic mass is 16.7. The van der Waals surface area contributed by atoms with Gasteiger partial charge in [-0.05, 0) is 55.3 Å². The summed E-state index contributed by atoms with van der Waals surface area (Å²) in [6.07, 6.45) is -1.15. The van der Waals surface area contributed by atoms with E-state index in [2.05, 4.69) is 0 Å². The molecule has 9 heteroatoms. The number of benzene rings is 2. The van der Waals surface area contributed by atoms with Crippen LogP contribution in [0.1, 0.15) is 18.1 Å². The fraction of sp³-hybridized carbons (Fsp3) is 0.250. The number of ether oxygens (including phenoxy) is 2. The molecule has 0 saturated carbocycles. The Morgan fingerprint density at radius 3 is 2.41 bits per heavy atom. The van der Waals surface area contributed by atoms with Crippen LogP contribution >= 0.6 is 0 Å². The predicted octanol–water partition coefficient (Wildman–Crippen LogP) is 1.68. The molecule has 0 radical (unpaired) electrons. The van der Waals surface area contributed by atoms with E-state index >= 15 is 0 Å². The number of nitrogens with two attached hydrogens (primary N) is 2. The third kappa shape index (κ3) is 4.46. The number of cyclic esters (lactones) is 1. The molecular formula is C20H22N4O5. The number of hydrogen-bond acceptors (Lipinski definition) is 6. The van der Waals surface area contributed by atoms with Crippen LogP contribution in [0, 0.1) is 5.41 Å². The van der Waals surface area contributed by atoms with E-state index in [0.29, 0.717) is 17.0 Å². The molecule has 1 aliphatic heterocycles. The fourth-order valence-corrected chi connectivity index (χ4v) is 2.99. The molecule has 1 aliphatic rings. The summed E-state index contributed by atoms with van der Waals surface area (Å²) < 4.78 is 11.1. The van der Waals surface area contributed by atoms with Crippen molar-refractivity contribution in [3.8, 4) is 5.75 Å². The average Bonchev–Trinajstić information content (AvgIpc) is 2.96. The van der Waals surface area contributed by atoms with Gasteiger partial charge >= 0.3 is 12.1 Å². The summed E-state index contributed by atoms with van der Waals surface area (Å²) in [5.74, 6) is -0.632. The Hall–Kier alpha value is -3.59. The smallest absolute Gasteiger partial charge is 0.417 e. The molecule has 6 N–H and O–H groups in total. The van der Waals surface area contributed by atoms with E-state index in [9.17, 15) is 9.59 Å². The number of nitrogens with one attached hydrogen (secondary N) is 1. The third-order valence-corrected chi connectivity index (χ3v) is 4.62. The van der Waals surface area contributed by atoms with Gasteiger partial charge in [0.2, 0.25) is 0 Å². The number of amides is 1. The van der Waals surface area contributed by atoms with E-state index in [1.807, 2.05) is 0 Å². The van der Waals surface area contributed by atoms with E-state index in [4.69, 9.17) is 31.5 Å². The molecular weight excluding hydrogens is 376 g/mol. The van der Waals surface area contributed by atoms with E-state index < -0.39 is 30.4 Å². The highest BCUT2D eigenvalue weighted by molar-refractivity contribution is 5.96. The van der Waals surface area contributed by atoms with Crippen LogP contribution in [0.4, 0.5) is 10.5 Å². The molecule has 3 unspecified atom stereocenters. The van der Waals surface area contributed by atoms with Crippen molar-refractivity contribution in [3.05, 3.63) is 59.7 Å². The van der Waals surface area contributed by atoms with Crippen LogP contribution in [0.25, 0.3) is 0 Å². The molecule has 0 aliphatic carbocycles. The molecule has 2 aromatic rings. The van der Waals surface area contributed by atoms with Gasteiger partial charge in [0, 0.05) is 11.3 Å². The second-order valence-electron chi connectivity index (χ2n) is 6.73. The highest BCUT2D eigenvalue weighted by Gasteiger charge is 2.41. The van der Waals surface area contributed by atoms with Gasteiger partial charge in [0.15, 0.2) is 0 Å². The van der Waals surface area contributed by atoms with Crippen LogP contribution < -0.4 is 21.1 Å². The number of carbonyl (C=O) groups excluding carboxylic acids is 1. The first-order valence-corrected chi connectivity index (χ1v) is 8.94. The number of carboxylic acid groups (broad SMARTS) is 1. The Kier molecular flexibility index (Phi) is 5.69. The highest BCUT2D eigenvalue weighted by Crippen LogP contribution is 2.29.